The summed E-state index contributed by atoms with van der Waals surface area (Å²) in [6, 6.07) is 11.2. The van der Waals surface area contributed by atoms with Gasteiger partial charge in [0, 0.05) is 6.54 Å². The Bertz CT molecular complexity index is 602. The number of benzene rings is 1. The molecule has 0 aliphatic heterocycles. The smallest absolute Gasteiger partial charge is 0.287 e. The van der Waals surface area contributed by atoms with Crippen molar-refractivity contribution in [3.05, 3.63) is 53.5 Å². The lowest BCUT2D eigenvalue weighted by atomic mass is 10.2. The number of aryl methyl sites for hydroxylation is 1. The van der Waals surface area contributed by atoms with Gasteiger partial charge in [0.1, 0.15) is 18.1 Å². The maximum absolute atomic E-state index is 11.8. The monoisotopic (exact) mass is 287 g/mol. The van der Waals surface area contributed by atoms with Gasteiger partial charge in [-0.3, -0.25) is 4.79 Å². The van der Waals surface area contributed by atoms with Crippen molar-refractivity contribution >= 4 is 5.91 Å². The lowest BCUT2D eigenvalue weighted by Crippen LogP contribution is -2.26. The minimum Gasteiger partial charge on any atom is -0.486 e. The third-order valence-electron chi connectivity index (χ3n) is 2.93. The van der Waals surface area contributed by atoms with Crippen LogP contribution in [0.3, 0.4) is 0 Å². The standard InChI is InChI=1S/C17H21NO3/c1-12(2)10-18-17(19)16-8-7-15(21-16)11-20-14-6-4-5-13(3)9-14/h4-9,12H,10-11H2,1-3H3,(H,18,19). The van der Waals surface area contributed by atoms with Gasteiger partial charge in [0.2, 0.25) is 0 Å². The Morgan fingerprint density at radius 1 is 1.29 bits per heavy atom. The molecule has 2 rings (SSSR count). The molecule has 1 aromatic heterocycles. The first-order chi connectivity index (χ1) is 10.0. The van der Waals surface area contributed by atoms with Gasteiger partial charge in [-0.2, -0.15) is 0 Å². The molecule has 1 N–H and O–H groups in total. The third-order valence-corrected chi connectivity index (χ3v) is 2.93. The summed E-state index contributed by atoms with van der Waals surface area (Å²) >= 11 is 0. The van der Waals surface area contributed by atoms with Crippen molar-refractivity contribution in [2.45, 2.75) is 27.4 Å². The summed E-state index contributed by atoms with van der Waals surface area (Å²) in [4.78, 5) is 11.8. The highest BCUT2D eigenvalue weighted by Gasteiger charge is 2.11. The summed E-state index contributed by atoms with van der Waals surface area (Å²) in [5, 5.41) is 2.82. The van der Waals surface area contributed by atoms with Crippen LogP contribution in [0.5, 0.6) is 5.75 Å². The number of carbonyl (C=O) groups excluding carboxylic acids is 1. The summed E-state index contributed by atoms with van der Waals surface area (Å²) in [6.45, 7) is 7.04. The van der Waals surface area contributed by atoms with E-state index in [1.165, 1.54) is 0 Å². The van der Waals surface area contributed by atoms with E-state index in [4.69, 9.17) is 9.15 Å². The van der Waals surface area contributed by atoms with Gasteiger partial charge in [0.05, 0.1) is 0 Å². The molecule has 0 fully saturated rings. The molecule has 0 saturated carbocycles. The number of hydrogen-bond donors (Lipinski definition) is 1. The maximum Gasteiger partial charge on any atom is 0.287 e. The number of furan rings is 1. The molecular weight excluding hydrogens is 266 g/mol. The van der Waals surface area contributed by atoms with Crippen LogP contribution in [0.4, 0.5) is 0 Å². The second-order valence-corrected chi connectivity index (χ2v) is 5.48. The molecule has 1 aromatic carbocycles. The summed E-state index contributed by atoms with van der Waals surface area (Å²) in [5.41, 5.74) is 1.14. The molecule has 0 bridgehead atoms. The first-order valence-corrected chi connectivity index (χ1v) is 7.11. The van der Waals surface area contributed by atoms with E-state index in [-0.39, 0.29) is 5.91 Å². The second kappa shape index (κ2) is 6.97. The summed E-state index contributed by atoms with van der Waals surface area (Å²) < 4.78 is 11.1. The molecular formula is C17H21NO3. The minimum atomic E-state index is -0.189. The molecule has 1 heterocycles. The predicted octanol–water partition coefficient (Wildman–Crippen LogP) is 3.55. The van der Waals surface area contributed by atoms with Crippen LogP contribution < -0.4 is 10.1 Å². The van der Waals surface area contributed by atoms with Gasteiger partial charge in [0.15, 0.2) is 5.76 Å². The molecule has 0 radical (unpaired) electrons. The number of amides is 1. The molecule has 0 aliphatic rings. The zero-order valence-corrected chi connectivity index (χ0v) is 12.7. The zero-order valence-electron chi connectivity index (χ0n) is 12.7. The van der Waals surface area contributed by atoms with Crippen molar-refractivity contribution in [2.75, 3.05) is 6.54 Å². The van der Waals surface area contributed by atoms with Crippen molar-refractivity contribution in [1.82, 2.24) is 5.32 Å². The Hall–Kier alpha value is -2.23. The quantitative estimate of drug-likeness (QED) is 0.884. The Labute approximate surface area is 125 Å². The van der Waals surface area contributed by atoms with Crippen molar-refractivity contribution in [3.8, 4) is 5.75 Å². The van der Waals surface area contributed by atoms with Crippen molar-refractivity contribution in [3.63, 3.8) is 0 Å². The Balaban J connectivity index is 1.89. The van der Waals surface area contributed by atoms with Crippen molar-refractivity contribution in [2.24, 2.45) is 5.92 Å². The highest BCUT2D eigenvalue weighted by Crippen LogP contribution is 2.16. The van der Waals surface area contributed by atoms with Crippen LogP contribution in [-0.2, 0) is 6.61 Å². The Morgan fingerprint density at radius 3 is 2.81 bits per heavy atom. The molecule has 0 spiro atoms. The van der Waals surface area contributed by atoms with E-state index in [1.807, 2.05) is 45.0 Å². The van der Waals surface area contributed by atoms with E-state index < -0.39 is 0 Å². The minimum absolute atomic E-state index is 0.189. The molecule has 1 amide bonds. The van der Waals surface area contributed by atoms with E-state index in [0.29, 0.717) is 30.6 Å². The van der Waals surface area contributed by atoms with Crippen LogP contribution >= 0.6 is 0 Å². The molecule has 0 aliphatic carbocycles. The average Bonchev–Trinajstić information content (AvgIpc) is 2.91. The third kappa shape index (κ3) is 4.67. The van der Waals surface area contributed by atoms with Crippen LogP contribution in [0.1, 0.15) is 35.7 Å². The molecule has 0 atom stereocenters. The number of hydrogen-bond acceptors (Lipinski definition) is 3. The molecule has 21 heavy (non-hydrogen) atoms. The lowest BCUT2D eigenvalue weighted by molar-refractivity contribution is 0.0917. The van der Waals surface area contributed by atoms with E-state index in [0.717, 1.165) is 11.3 Å². The highest BCUT2D eigenvalue weighted by atomic mass is 16.5. The van der Waals surface area contributed by atoms with Crippen LogP contribution in [0.25, 0.3) is 0 Å². The fraction of sp³-hybridized carbons (Fsp3) is 0.353. The SMILES string of the molecule is Cc1cccc(OCc2ccc(C(=O)NCC(C)C)o2)c1. The van der Waals surface area contributed by atoms with Gasteiger partial charge in [-0.1, -0.05) is 26.0 Å². The highest BCUT2D eigenvalue weighted by molar-refractivity contribution is 5.91. The molecule has 2 aromatic rings. The molecule has 0 unspecified atom stereocenters. The summed E-state index contributed by atoms with van der Waals surface area (Å²) in [7, 11) is 0. The van der Waals surface area contributed by atoms with Crippen LogP contribution in [0, 0.1) is 12.8 Å². The van der Waals surface area contributed by atoms with Crippen molar-refractivity contribution in [1.29, 1.82) is 0 Å². The molecule has 4 heteroatoms. The van der Waals surface area contributed by atoms with Crippen LogP contribution in [-0.4, -0.2) is 12.5 Å². The Morgan fingerprint density at radius 2 is 2.10 bits per heavy atom. The van der Waals surface area contributed by atoms with Gasteiger partial charge in [0.25, 0.3) is 5.91 Å². The van der Waals surface area contributed by atoms with Gasteiger partial charge >= 0.3 is 0 Å². The van der Waals surface area contributed by atoms with E-state index >= 15 is 0 Å². The van der Waals surface area contributed by atoms with Crippen molar-refractivity contribution < 1.29 is 13.9 Å². The first kappa shape index (κ1) is 15.2. The fourth-order valence-electron chi connectivity index (χ4n) is 1.82. The van der Waals surface area contributed by atoms with Crippen LogP contribution in [0.2, 0.25) is 0 Å². The van der Waals surface area contributed by atoms with Gasteiger partial charge < -0.3 is 14.5 Å². The second-order valence-electron chi connectivity index (χ2n) is 5.48. The topological polar surface area (TPSA) is 51.5 Å². The average molecular weight is 287 g/mol. The number of nitrogens with one attached hydrogen (secondary N) is 1. The number of carbonyl (C=O) groups is 1. The zero-order chi connectivity index (χ0) is 15.2. The van der Waals surface area contributed by atoms with E-state index in [9.17, 15) is 4.79 Å². The van der Waals surface area contributed by atoms with E-state index in [1.54, 1.807) is 12.1 Å². The lowest BCUT2D eigenvalue weighted by Gasteiger charge is -2.06. The molecule has 0 saturated heterocycles. The molecule has 4 nitrogen and oxygen atoms in total. The maximum atomic E-state index is 11.8. The first-order valence-electron chi connectivity index (χ1n) is 7.11. The summed E-state index contributed by atoms with van der Waals surface area (Å²) in [6.07, 6.45) is 0. The predicted molar refractivity (Wildman–Crippen MR) is 81.4 cm³/mol. The normalized spacial score (nSPS) is 10.7. The van der Waals surface area contributed by atoms with Gasteiger partial charge in [-0.15, -0.1) is 0 Å². The van der Waals surface area contributed by atoms with Gasteiger partial charge in [-0.05, 0) is 42.7 Å². The van der Waals surface area contributed by atoms with Gasteiger partial charge in [-0.25, -0.2) is 0 Å². The number of ether oxygens (including phenoxy) is 1. The van der Waals surface area contributed by atoms with Crippen LogP contribution in [0.15, 0.2) is 40.8 Å². The number of rotatable bonds is 6. The fourth-order valence-corrected chi connectivity index (χ4v) is 1.82. The summed E-state index contributed by atoms with van der Waals surface area (Å²) in [5.74, 6) is 1.96. The Kier molecular flexibility index (Phi) is 5.04. The molecule has 112 valence electrons. The largest absolute Gasteiger partial charge is 0.486 e. The van der Waals surface area contributed by atoms with E-state index in [2.05, 4.69) is 5.32 Å².